The van der Waals surface area contributed by atoms with Crippen LogP contribution in [0.2, 0.25) is 0 Å². The quantitative estimate of drug-likeness (QED) is 0.590. The fraction of sp³-hybridized carbons (Fsp3) is 0.375. The summed E-state index contributed by atoms with van der Waals surface area (Å²) in [4.78, 5) is 14.0. The molecule has 0 saturated carbocycles. The van der Waals surface area contributed by atoms with E-state index in [4.69, 9.17) is 9.47 Å². The van der Waals surface area contributed by atoms with Crippen molar-refractivity contribution in [3.63, 3.8) is 0 Å². The smallest absolute Gasteiger partial charge is 0.268 e. The van der Waals surface area contributed by atoms with Crippen molar-refractivity contribution < 1.29 is 22.7 Å². The average Bonchev–Trinajstić information content (AvgIpc) is 3.37. The van der Waals surface area contributed by atoms with Crippen molar-refractivity contribution in [2.24, 2.45) is 0 Å². The summed E-state index contributed by atoms with van der Waals surface area (Å²) in [7, 11) is -1.91. The van der Waals surface area contributed by atoms with Gasteiger partial charge in [-0.2, -0.15) is 0 Å². The van der Waals surface area contributed by atoms with Gasteiger partial charge in [0.15, 0.2) is 0 Å². The van der Waals surface area contributed by atoms with Crippen LogP contribution in [0.15, 0.2) is 53.6 Å². The minimum Gasteiger partial charge on any atom is -0.342 e. The molecule has 168 valence electrons. The summed E-state index contributed by atoms with van der Waals surface area (Å²) in [5, 5.41) is 0.845. The van der Waals surface area contributed by atoms with Crippen LogP contribution in [-0.4, -0.2) is 55.9 Å². The van der Waals surface area contributed by atoms with Gasteiger partial charge in [-0.15, -0.1) is 0 Å². The SMILES string of the molecule is CC(=O)CN(C)C1Cc2cn(S(=O)(=O)c3ccc(C)cc3)c3cccc(c23)C12OCCO2. The number of carbonyl (C=O) groups is 1. The lowest BCUT2D eigenvalue weighted by atomic mass is 9.83. The summed E-state index contributed by atoms with van der Waals surface area (Å²) in [6.07, 6.45) is 2.22. The molecule has 0 N–H and O–H groups in total. The number of hydrogen-bond donors (Lipinski definition) is 0. The lowest BCUT2D eigenvalue weighted by Gasteiger charge is -2.43. The zero-order valence-electron chi connectivity index (χ0n) is 18.4. The second kappa shape index (κ2) is 7.52. The van der Waals surface area contributed by atoms with E-state index in [0.717, 1.165) is 22.1 Å². The number of benzene rings is 2. The number of carbonyl (C=O) groups excluding carboxylic acids is 1. The van der Waals surface area contributed by atoms with E-state index in [9.17, 15) is 13.2 Å². The molecule has 1 atom stereocenters. The molecule has 1 unspecified atom stereocenters. The number of rotatable bonds is 5. The number of ketones is 1. The highest BCUT2D eigenvalue weighted by Crippen LogP contribution is 2.47. The molecule has 3 aromatic rings. The molecule has 5 rings (SSSR count). The molecule has 1 spiro atoms. The van der Waals surface area contributed by atoms with Gasteiger partial charge in [0.1, 0.15) is 5.78 Å². The molecule has 2 heterocycles. The van der Waals surface area contributed by atoms with Crippen LogP contribution in [0.25, 0.3) is 10.9 Å². The van der Waals surface area contributed by atoms with Crippen molar-refractivity contribution in [1.29, 1.82) is 0 Å². The third-order valence-electron chi connectivity index (χ3n) is 6.40. The zero-order valence-corrected chi connectivity index (χ0v) is 19.2. The number of Topliss-reactive ketones (excluding diaryl/α,β-unsaturated/α-hetero) is 1. The molecule has 2 aromatic carbocycles. The molecule has 0 bridgehead atoms. The van der Waals surface area contributed by atoms with Crippen LogP contribution < -0.4 is 0 Å². The molecule has 1 fully saturated rings. The van der Waals surface area contributed by atoms with Crippen LogP contribution in [0.3, 0.4) is 0 Å². The summed E-state index contributed by atoms with van der Waals surface area (Å²) >= 11 is 0. The molecule has 2 aliphatic rings. The van der Waals surface area contributed by atoms with E-state index >= 15 is 0 Å². The lowest BCUT2D eigenvalue weighted by molar-refractivity contribution is -0.209. The highest BCUT2D eigenvalue weighted by Gasteiger charge is 2.52. The minimum atomic E-state index is -3.79. The Bertz CT molecular complexity index is 1300. The van der Waals surface area contributed by atoms with Gasteiger partial charge in [-0.25, -0.2) is 12.4 Å². The number of fused-ring (bicyclic) bond motifs is 1. The third kappa shape index (κ3) is 3.13. The number of likely N-dealkylation sites (N-methyl/N-ethyl adjacent to an activating group) is 1. The molecular formula is C24H26N2O5S. The maximum atomic E-state index is 13.5. The van der Waals surface area contributed by atoms with Gasteiger partial charge in [0, 0.05) is 17.1 Å². The fourth-order valence-electron chi connectivity index (χ4n) is 5.01. The van der Waals surface area contributed by atoms with Gasteiger partial charge in [0.2, 0.25) is 5.79 Å². The first-order valence-corrected chi connectivity index (χ1v) is 12.1. The molecule has 32 heavy (non-hydrogen) atoms. The summed E-state index contributed by atoms with van der Waals surface area (Å²) in [6, 6.07) is 12.2. The van der Waals surface area contributed by atoms with Gasteiger partial charge >= 0.3 is 0 Å². The Balaban J connectivity index is 1.70. The highest BCUT2D eigenvalue weighted by atomic mass is 32.2. The minimum absolute atomic E-state index is 0.0455. The Labute approximate surface area is 187 Å². The lowest BCUT2D eigenvalue weighted by Crippen LogP contribution is -2.54. The third-order valence-corrected chi connectivity index (χ3v) is 8.09. The summed E-state index contributed by atoms with van der Waals surface area (Å²) < 4.78 is 40.8. The predicted octanol–water partition coefficient (Wildman–Crippen LogP) is 2.83. The number of hydrogen-bond acceptors (Lipinski definition) is 6. The predicted molar refractivity (Wildman–Crippen MR) is 120 cm³/mol. The fourth-order valence-corrected chi connectivity index (χ4v) is 6.39. The monoisotopic (exact) mass is 454 g/mol. The maximum absolute atomic E-state index is 13.5. The maximum Gasteiger partial charge on any atom is 0.268 e. The highest BCUT2D eigenvalue weighted by molar-refractivity contribution is 7.90. The van der Waals surface area contributed by atoms with Crippen LogP contribution in [0, 0.1) is 6.92 Å². The van der Waals surface area contributed by atoms with E-state index in [-0.39, 0.29) is 23.3 Å². The zero-order chi connectivity index (χ0) is 22.7. The number of aromatic nitrogens is 1. The Morgan fingerprint density at radius 1 is 1.16 bits per heavy atom. The Morgan fingerprint density at radius 3 is 2.50 bits per heavy atom. The molecule has 1 aliphatic heterocycles. The van der Waals surface area contributed by atoms with E-state index in [1.54, 1.807) is 37.4 Å². The van der Waals surface area contributed by atoms with E-state index in [2.05, 4.69) is 0 Å². The normalized spacial score (nSPS) is 19.8. The van der Waals surface area contributed by atoms with E-state index in [1.807, 2.05) is 37.1 Å². The van der Waals surface area contributed by atoms with Gasteiger partial charge < -0.3 is 9.47 Å². The molecule has 1 aliphatic carbocycles. The van der Waals surface area contributed by atoms with Crippen molar-refractivity contribution in [2.45, 2.75) is 37.0 Å². The molecular weight excluding hydrogens is 428 g/mol. The first-order chi connectivity index (χ1) is 15.2. The van der Waals surface area contributed by atoms with Gasteiger partial charge in [-0.1, -0.05) is 29.8 Å². The van der Waals surface area contributed by atoms with Crippen LogP contribution in [0.5, 0.6) is 0 Å². The molecule has 0 radical (unpaired) electrons. The molecule has 8 heteroatoms. The first kappa shape index (κ1) is 21.3. The second-order valence-electron chi connectivity index (χ2n) is 8.67. The summed E-state index contributed by atoms with van der Waals surface area (Å²) in [6.45, 7) is 4.62. The standard InChI is InChI=1S/C24H26N2O5S/c1-16-7-9-19(10-8-16)32(28,29)26-15-18-13-22(25(3)14-17(2)27)24(30-11-12-31-24)20-5-4-6-21(26)23(18)20/h4-10,15,22H,11-14H2,1-3H3. The number of aryl methyl sites for hydroxylation is 1. The van der Waals surface area contributed by atoms with Gasteiger partial charge in [0.25, 0.3) is 10.0 Å². The van der Waals surface area contributed by atoms with Gasteiger partial charge in [0.05, 0.1) is 36.2 Å². The van der Waals surface area contributed by atoms with Crippen molar-refractivity contribution in [2.75, 3.05) is 26.8 Å². The van der Waals surface area contributed by atoms with Gasteiger partial charge in [-0.05, 0) is 51.1 Å². The Hall–Kier alpha value is -2.52. The Morgan fingerprint density at radius 2 is 1.84 bits per heavy atom. The molecule has 1 aromatic heterocycles. The second-order valence-corrected chi connectivity index (χ2v) is 10.5. The van der Waals surface area contributed by atoms with Crippen molar-refractivity contribution in [3.8, 4) is 0 Å². The number of ether oxygens (including phenoxy) is 2. The van der Waals surface area contributed by atoms with Crippen LogP contribution in [0.1, 0.15) is 23.6 Å². The number of nitrogens with zero attached hydrogens (tertiary/aromatic N) is 2. The van der Waals surface area contributed by atoms with E-state index < -0.39 is 15.8 Å². The summed E-state index contributed by atoms with van der Waals surface area (Å²) in [5.41, 5.74) is 3.31. The molecule has 0 amide bonds. The van der Waals surface area contributed by atoms with Crippen LogP contribution >= 0.6 is 0 Å². The van der Waals surface area contributed by atoms with Crippen molar-refractivity contribution in [3.05, 3.63) is 65.4 Å². The molecule has 1 saturated heterocycles. The van der Waals surface area contributed by atoms with E-state index in [1.165, 1.54) is 3.97 Å². The van der Waals surface area contributed by atoms with Crippen LogP contribution in [-0.2, 0) is 36.5 Å². The molecule has 7 nitrogen and oxygen atoms in total. The van der Waals surface area contributed by atoms with Crippen LogP contribution in [0.4, 0.5) is 0 Å². The Kier molecular flexibility index (Phi) is 5.01. The topological polar surface area (TPSA) is 77.8 Å². The average molecular weight is 455 g/mol. The first-order valence-electron chi connectivity index (χ1n) is 10.7. The van der Waals surface area contributed by atoms with E-state index in [0.29, 0.717) is 25.2 Å². The largest absolute Gasteiger partial charge is 0.342 e. The van der Waals surface area contributed by atoms with Crippen molar-refractivity contribution >= 4 is 26.7 Å². The van der Waals surface area contributed by atoms with Gasteiger partial charge in [-0.3, -0.25) is 9.69 Å². The summed E-state index contributed by atoms with van der Waals surface area (Å²) in [5.74, 6) is -0.986. The van der Waals surface area contributed by atoms with Crippen molar-refractivity contribution in [1.82, 2.24) is 8.87 Å².